The molecule has 2 amide bonds. The molecule has 1 saturated carbocycles. The number of rotatable bonds is 3. The fraction of sp³-hybridized carbons (Fsp3) is 0.423. The fourth-order valence-electron chi connectivity index (χ4n) is 5.50. The van der Waals surface area contributed by atoms with Crippen LogP contribution in [-0.2, 0) is 4.79 Å². The van der Waals surface area contributed by atoms with E-state index >= 15 is 0 Å². The highest BCUT2D eigenvalue weighted by Gasteiger charge is 2.40. The molecule has 1 aliphatic carbocycles. The number of amides is 2. The van der Waals surface area contributed by atoms with Crippen LogP contribution in [-0.4, -0.2) is 65.1 Å². The molecule has 3 fully saturated rings. The van der Waals surface area contributed by atoms with Crippen LogP contribution in [0.3, 0.4) is 0 Å². The molecule has 2 saturated heterocycles. The number of hydrogen-bond donors (Lipinski definition) is 2. The zero-order valence-electron chi connectivity index (χ0n) is 19.4. The summed E-state index contributed by atoms with van der Waals surface area (Å²) in [7, 11) is 0. The molecule has 0 spiro atoms. The fourth-order valence-corrected chi connectivity index (χ4v) is 5.69. The molecule has 3 unspecified atom stereocenters. The molecule has 9 heteroatoms. The Balaban J connectivity index is 1.11. The van der Waals surface area contributed by atoms with Crippen LogP contribution in [0.4, 0.5) is 0 Å². The summed E-state index contributed by atoms with van der Waals surface area (Å²) < 4.78 is 5.94. The Bertz CT molecular complexity index is 1270. The first-order valence-electron chi connectivity index (χ1n) is 12.3. The van der Waals surface area contributed by atoms with E-state index < -0.39 is 0 Å². The quantitative estimate of drug-likeness (QED) is 0.580. The van der Waals surface area contributed by atoms with Gasteiger partial charge in [0.15, 0.2) is 5.58 Å². The van der Waals surface area contributed by atoms with Crippen molar-refractivity contribution in [3.63, 3.8) is 0 Å². The summed E-state index contributed by atoms with van der Waals surface area (Å²) in [6, 6.07) is 13.0. The van der Waals surface area contributed by atoms with Crippen molar-refractivity contribution in [2.75, 3.05) is 26.2 Å². The molecular formula is C26H28ClN5O3. The van der Waals surface area contributed by atoms with Gasteiger partial charge in [0, 0.05) is 48.4 Å². The maximum absolute atomic E-state index is 13.2. The number of nitrogens with one attached hydrogen (secondary N) is 2. The summed E-state index contributed by atoms with van der Waals surface area (Å²) in [4.78, 5) is 34.4. The molecule has 3 atom stereocenters. The second-order valence-corrected chi connectivity index (χ2v) is 10.1. The first kappa shape index (κ1) is 22.5. The Hall–Kier alpha value is -2.94. The first-order chi connectivity index (χ1) is 17.0. The maximum atomic E-state index is 13.2. The van der Waals surface area contributed by atoms with Gasteiger partial charge in [-0.2, -0.15) is 0 Å². The monoisotopic (exact) mass is 493 g/mol. The van der Waals surface area contributed by atoms with Gasteiger partial charge in [-0.15, -0.1) is 0 Å². The molecular weight excluding hydrogens is 466 g/mol. The zero-order chi connectivity index (χ0) is 23.9. The molecule has 8 nitrogen and oxygen atoms in total. The van der Waals surface area contributed by atoms with E-state index in [2.05, 4.69) is 20.5 Å². The minimum atomic E-state index is -0.158. The summed E-state index contributed by atoms with van der Waals surface area (Å²) in [6.07, 6.45) is 4.16. The van der Waals surface area contributed by atoms with E-state index in [1.807, 2.05) is 23.1 Å². The summed E-state index contributed by atoms with van der Waals surface area (Å²) >= 11 is 6.10. The lowest BCUT2D eigenvalue weighted by atomic mass is 9.82. The Morgan fingerprint density at radius 1 is 1.06 bits per heavy atom. The molecule has 3 aromatic rings. The van der Waals surface area contributed by atoms with Crippen LogP contribution in [0.1, 0.15) is 36.0 Å². The molecule has 3 aliphatic rings. The van der Waals surface area contributed by atoms with Crippen LogP contribution in [0.25, 0.3) is 22.6 Å². The predicted octanol–water partition coefficient (Wildman–Crippen LogP) is 3.47. The van der Waals surface area contributed by atoms with Gasteiger partial charge in [0.2, 0.25) is 11.8 Å². The van der Waals surface area contributed by atoms with Crippen LogP contribution >= 0.6 is 11.6 Å². The number of aromatic nitrogens is 1. The molecule has 6 rings (SSSR count). The van der Waals surface area contributed by atoms with Crippen LogP contribution in [0.5, 0.6) is 0 Å². The standard InChI is InChI=1S/C26H28ClN5O3/c27-18-5-3-4-16(14-18)24-28-21-9-8-17(15-22(21)35-24)25(34)31-10-12-32(13-11-31)26-29-20-7-2-1-6-19(20)23(33)30-26/h3-5,8-9,14-15,19-20,26,29H,1-2,6-7,10-13H2,(H,30,33). The maximum Gasteiger partial charge on any atom is 0.254 e. The molecule has 182 valence electrons. The molecule has 3 heterocycles. The average Bonchev–Trinajstić information content (AvgIpc) is 3.32. The topological polar surface area (TPSA) is 90.7 Å². The lowest BCUT2D eigenvalue weighted by molar-refractivity contribution is -0.134. The van der Waals surface area contributed by atoms with Gasteiger partial charge < -0.3 is 14.6 Å². The Morgan fingerprint density at radius 2 is 1.89 bits per heavy atom. The Kier molecular flexibility index (Phi) is 5.96. The summed E-state index contributed by atoms with van der Waals surface area (Å²) in [6.45, 7) is 2.60. The molecule has 2 aliphatic heterocycles. The lowest BCUT2D eigenvalue weighted by Gasteiger charge is -2.46. The van der Waals surface area contributed by atoms with Gasteiger partial charge in [-0.25, -0.2) is 4.98 Å². The summed E-state index contributed by atoms with van der Waals surface area (Å²) in [5, 5.41) is 7.39. The van der Waals surface area contributed by atoms with Gasteiger partial charge in [-0.1, -0.05) is 30.5 Å². The number of piperazine rings is 1. The molecule has 0 bridgehead atoms. The van der Waals surface area contributed by atoms with Crippen molar-refractivity contribution in [3.8, 4) is 11.5 Å². The molecule has 35 heavy (non-hydrogen) atoms. The average molecular weight is 494 g/mol. The molecule has 0 radical (unpaired) electrons. The van der Waals surface area contributed by atoms with E-state index in [4.69, 9.17) is 16.0 Å². The smallest absolute Gasteiger partial charge is 0.254 e. The minimum absolute atomic E-state index is 0.0276. The van der Waals surface area contributed by atoms with Gasteiger partial charge in [0.05, 0.1) is 5.92 Å². The predicted molar refractivity (Wildman–Crippen MR) is 133 cm³/mol. The number of oxazole rings is 1. The minimum Gasteiger partial charge on any atom is -0.436 e. The van der Waals surface area contributed by atoms with Gasteiger partial charge in [0.1, 0.15) is 11.8 Å². The van der Waals surface area contributed by atoms with Crippen molar-refractivity contribution >= 4 is 34.5 Å². The van der Waals surface area contributed by atoms with E-state index in [1.54, 1.807) is 24.3 Å². The van der Waals surface area contributed by atoms with E-state index in [0.717, 1.165) is 24.8 Å². The van der Waals surface area contributed by atoms with Gasteiger partial charge in [-0.3, -0.25) is 19.8 Å². The number of fused-ring (bicyclic) bond motifs is 2. The van der Waals surface area contributed by atoms with Crippen molar-refractivity contribution in [3.05, 3.63) is 53.1 Å². The second kappa shape index (κ2) is 9.26. The van der Waals surface area contributed by atoms with Crippen molar-refractivity contribution in [1.29, 1.82) is 0 Å². The number of halogens is 1. The van der Waals surface area contributed by atoms with Crippen LogP contribution in [0.15, 0.2) is 46.9 Å². The first-order valence-corrected chi connectivity index (χ1v) is 12.7. The third-order valence-electron chi connectivity index (χ3n) is 7.43. The number of carbonyl (C=O) groups is 2. The highest BCUT2D eigenvalue weighted by atomic mass is 35.5. The van der Waals surface area contributed by atoms with Crippen molar-refractivity contribution in [2.24, 2.45) is 5.92 Å². The largest absolute Gasteiger partial charge is 0.436 e. The molecule has 2 N–H and O–H groups in total. The number of nitrogens with zero attached hydrogens (tertiary/aromatic N) is 3. The Morgan fingerprint density at radius 3 is 2.71 bits per heavy atom. The molecule has 2 aromatic carbocycles. The molecule has 1 aromatic heterocycles. The zero-order valence-corrected chi connectivity index (χ0v) is 20.1. The van der Waals surface area contributed by atoms with Crippen molar-refractivity contribution in [1.82, 2.24) is 25.4 Å². The van der Waals surface area contributed by atoms with Crippen molar-refractivity contribution < 1.29 is 14.0 Å². The second-order valence-electron chi connectivity index (χ2n) is 9.62. The van der Waals surface area contributed by atoms with E-state index in [0.29, 0.717) is 53.8 Å². The van der Waals surface area contributed by atoms with Crippen LogP contribution < -0.4 is 10.6 Å². The van der Waals surface area contributed by atoms with Crippen molar-refractivity contribution in [2.45, 2.75) is 38.0 Å². The van der Waals surface area contributed by atoms with E-state index in [-0.39, 0.29) is 30.1 Å². The summed E-state index contributed by atoms with van der Waals surface area (Å²) in [5.41, 5.74) is 2.64. The third kappa shape index (κ3) is 4.42. The SMILES string of the molecule is O=C1NC(N2CCN(C(=O)c3ccc4nc(-c5cccc(Cl)c5)oc4c3)CC2)NC2CCCCC12. The third-order valence-corrected chi connectivity index (χ3v) is 7.66. The van der Waals surface area contributed by atoms with Gasteiger partial charge >= 0.3 is 0 Å². The van der Waals surface area contributed by atoms with Gasteiger partial charge in [-0.05, 0) is 49.2 Å². The highest BCUT2D eigenvalue weighted by molar-refractivity contribution is 6.30. The number of benzene rings is 2. The summed E-state index contributed by atoms with van der Waals surface area (Å²) in [5.74, 6) is 0.700. The normalized spacial score (nSPS) is 25.3. The lowest BCUT2D eigenvalue weighted by Crippen LogP contribution is -2.69. The van der Waals surface area contributed by atoms with Gasteiger partial charge in [0.25, 0.3) is 5.91 Å². The van der Waals surface area contributed by atoms with Crippen LogP contribution in [0.2, 0.25) is 5.02 Å². The number of hydrogen-bond acceptors (Lipinski definition) is 6. The Labute approximate surface area is 208 Å². The van der Waals surface area contributed by atoms with Crippen LogP contribution in [0, 0.1) is 5.92 Å². The number of carbonyl (C=O) groups excluding carboxylic acids is 2. The highest BCUT2D eigenvalue weighted by Crippen LogP contribution is 2.29. The van der Waals surface area contributed by atoms with E-state index in [9.17, 15) is 9.59 Å². The van der Waals surface area contributed by atoms with E-state index in [1.165, 1.54) is 6.42 Å².